The van der Waals surface area contributed by atoms with Crippen molar-refractivity contribution in [1.82, 2.24) is 0 Å². The predicted octanol–water partition coefficient (Wildman–Crippen LogP) is 2.83. The Labute approximate surface area is 119 Å². The first-order valence-electron chi connectivity index (χ1n) is 6.10. The first kappa shape index (κ1) is 14.3. The van der Waals surface area contributed by atoms with E-state index in [0.717, 1.165) is 5.56 Å². The summed E-state index contributed by atoms with van der Waals surface area (Å²) in [4.78, 5) is 4.36. The number of hydrogen-bond acceptors (Lipinski definition) is 3. The molecule has 0 bridgehead atoms. The van der Waals surface area contributed by atoms with E-state index in [9.17, 15) is 8.42 Å². The second-order valence-electron chi connectivity index (χ2n) is 4.42. The Bertz CT molecular complexity index is 710. The van der Waals surface area contributed by atoms with Gasteiger partial charge >= 0.3 is 0 Å². The molecule has 104 valence electrons. The average Bonchev–Trinajstić information content (AvgIpc) is 2.45. The van der Waals surface area contributed by atoms with Crippen LogP contribution in [0.1, 0.15) is 5.56 Å². The van der Waals surface area contributed by atoms with Crippen LogP contribution in [-0.2, 0) is 10.0 Å². The molecular weight excluding hydrogens is 272 g/mol. The van der Waals surface area contributed by atoms with Crippen LogP contribution in [-0.4, -0.2) is 27.9 Å². The van der Waals surface area contributed by atoms with Crippen LogP contribution in [0, 0.1) is 0 Å². The van der Waals surface area contributed by atoms with Crippen LogP contribution in [0.2, 0.25) is 0 Å². The van der Waals surface area contributed by atoms with E-state index in [4.69, 9.17) is 0 Å². The lowest BCUT2D eigenvalue weighted by atomic mass is 10.2. The normalized spacial score (nSPS) is 11.7. The second-order valence-corrected chi connectivity index (χ2v) is 6.43. The van der Waals surface area contributed by atoms with Crippen LogP contribution in [0.3, 0.4) is 0 Å². The predicted molar refractivity (Wildman–Crippen MR) is 83.4 cm³/mol. The van der Waals surface area contributed by atoms with Crippen molar-refractivity contribution < 1.29 is 8.42 Å². The maximum atomic E-state index is 11.5. The van der Waals surface area contributed by atoms with E-state index < -0.39 is 10.0 Å². The van der Waals surface area contributed by atoms with Crippen LogP contribution >= 0.6 is 0 Å². The minimum Gasteiger partial charge on any atom is -0.273 e. The summed E-state index contributed by atoms with van der Waals surface area (Å²) in [7, 11) is -1.74. The number of anilines is 1. The van der Waals surface area contributed by atoms with Crippen LogP contribution in [0.25, 0.3) is 0 Å². The summed E-state index contributed by atoms with van der Waals surface area (Å²) >= 11 is 0. The van der Waals surface area contributed by atoms with Crippen molar-refractivity contribution in [3.8, 4) is 0 Å². The van der Waals surface area contributed by atoms with Gasteiger partial charge in [-0.1, -0.05) is 36.4 Å². The van der Waals surface area contributed by atoms with Crippen molar-refractivity contribution in [2.45, 2.75) is 0 Å². The molecule has 0 atom stereocenters. The van der Waals surface area contributed by atoms with E-state index in [2.05, 4.69) is 4.99 Å². The van der Waals surface area contributed by atoms with Gasteiger partial charge in [0.05, 0.1) is 17.6 Å². The lowest BCUT2D eigenvalue weighted by molar-refractivity contribution is 0.600. The van der Waals surface area contributed by atoms with E-state index in [1.54, 1.807) is 24.4 Å². The lowest BCUT2D eigenvalue weighted by Crippen LogP contribution is -2.24. The third kappa shape index (κ3) is 3.68. The zero-order valence-electron chi connectivity index (χ0n) is 11.4. The minimum atomic E-state index is -3.26. The van der Waals surface area contributed by atoms with Crippen molar-refractivity contribution >= 4 is 27.6 Å². The van der Waals surface area contributed by atoms with Crippen LogP contribution in [0.5, 0.6) is 0 Å². The second kappa shape index (κ2) is 5.88. The van der Waals surface area contributed by atoms with Gasteiger partial charge in [-0.3, -0.25) is 9.30 Å². The van der Waals surface area contributed by atoms with Crippen molar-refractivity contribution in [2.24, 2.45) is 4.99 Å². The molecule has 0 saturated carbocycles. The van der Waals surface area contributed by atoms with Gasteiger partial charge in [0.25, 0.3) is 0 Å². The van der Waals surface area contributed by atoms with Gasteiger partial charge in [0, 0.05) is 13.3 Å². The summed E-state index contributed by atoms with van der Waals surface area (Å²) in [6.45, 7) is 0. The molecule has 0 aliphatic heterocycles. The molecule has 4 nitrogen and oxygen atoms in total. The van der Waals surface area contributed by atoms with Gasteiger partial charge in [0.2, 0.25) is 10.0 Å². The van der Waals surface area contributed by atoms with Gasteiger partial charge in [-0.05, 0) is 23.8 Å². The summed E-state index contributed by atoms with van der Waals surface area (Å²) in [5, 5.41) is 0. The summed E-state index contributed by atoms with van der Waals surface area (Å²) in [6, 6.07) is 16.8. The molecule has 0 heterocycles. The number of rotatable bonds is 4. The molecule has 0 aliphatic carbocycles. The van der Waals surface area contributed by atoms with Gasteiger partial charge in [-0.2, -0.15) is 0 Å². The summed E-state index contributed by atoms with van der Waals surface area (Å²) < 4.78 is 24.3. The smallest absolute Gasteiger partial charge is 0.231 e. The zero-order chi connectivity index (χ0) is 14.6. The molecule has 2 aromatic rings. The molecule has 0 unspecified atom stereocenters. The highest BCUT2D eigenvalue weighted by molar-refractivity contribution is 7.92. The topological polar surface area (TPSA) is 49.7 Å². The van der Waals surface area contributed by atoms with E-state index in [-0.39, 0.29) is 0 Å². The third-order valence-corrected chi connectivity index (χ3v) is 4.06. The van der Waals surface area contributed by atoms with E-state index in [1.165, 1.54) is 17.6 Å². The Morgan fingerprint density at radius 1 is 1.05 bits per heavy atom. The standard InChI is InChI=1S/C15H16N2O2S/c1-17(20(2,18)19)15-10-6-9-14(11-15)16-12-13-7-4-3-5-8-13/h3-12H,1-2H3. The number of hydrogen-bond donors (Lipinski definition) is 0. The lowest BCUT2D eigenvalue weighted by Gasteiger charge is -2.16. The Morgan fingerprint density at radius 2 is 1.75 bits per heavy atom. The number of aliphatic imine (C=N–C) groups is 1. The molecule has 20 heavy (non-hydrogen) atoms. The average molecular weight is 288 g/mol. The molecule has 0 radical (unpaired) electrons. The minimum absolute atomic E-state index is 0.593. The molecule has 0 aromatic heterocycles. The number of sulfonamides is 1. The van der Waals surface area contributed by atoms with Gasteiger partial charge in [0.15, 0.2) is 0 Å². The van der Waals surface area contributed by atoms with Gasteiger partial charge in [-0.15, -0.1) is 0 Å². The van der Waals surface area contributed by atoms with Crippen molar-refractivity contribution in [3.05, 3.63) is 60.2 Å². The molecule has 0 fully saturated rings. The molecular formula is C15H16N2O2S. The maximum absolute atomic E-state index is 11.5. The molecule has 5 heteroatoms. The quantitative estimate of drug-likeness (QED) is 0.812. The van der Waals surface area contributed by atoms with E-state index >= 15 is 0 Å². The molecule has 0 saturated heterocycles. The molecule has 2 aromatic carbocycles. The van der Waals surface area contributed by atoms with Gasteiger partial charge in [0.1, 0.15) is 0 Å². The number of nitrogens with zero attached hydrogens (tertiary/aromatic N) is 2. The van der Waals surface area contributed by atoms with Crippen molar-refractivity contribution in [1.29, 1.82) is 0 Å². The largest absolute Gasteiger partial charge is 0.273 e. The molecule has 2 rings (SSSR count). The monoisotopic (exact) mass is 288 g/mol. The number of benzene rings is 2. The van der Waals surface area contributed by atoms with Gasteiger partial charge in [-0.25, -0.2) is 8.42 Å². The SMILES string of the molecule is CN(c1cccc(N=Cc2ccccc2)c1)S(C)(=O)=O. The van der Waals surface area contributed by atoms with Gasteiger partial charge < -0.3 is 0 Å². The van der Waals surface area contributed by atoms with Crippen molar-refractivity contribution in [3.63, 3.8) is 0 Å². The maximum Gasteiger partial charge on any atom is 0.231 e. The Morgan fingerprint density at radius 3 is 2.40 bits per heavy atom. The molecule has 0 aliphatic rings. The fraction of sp³-hybridized carbons (Fsp3) is 0.133. The molecule has 0 spiro atoms. The third-order valence-electron chi connectivity index (χ3n) is 2.85. The summed E-state index contributed by atoms with van der Waals surface area (Å²) in [5.74, 6) is 0. The molecule has 0 N–H and O–H groups in total. The van der Waals surface area contributed by atoms with E-state index in [0.29, 0.717) is 11.4 Å². The fourth-order valence-corrected chi connectivity index (χ4v) is 2.15. The van der Waals surface area contributed by atoms with Crippen molar-refractivity contribution in [2.75, 3.05) is 17.6 Å². The first-order valence-corrected chi connectivity index (χ1v) is 7.95. The Hall–Kier alpha value is -2.14. The Kier molecular flexibility index (Phi) is 4.20. The summed E-state index contributed by atoms with van der Waals surface area (Å²) in [6.07, 6.45) is 2.92. The Balaban J connectivity index is 2.25. The van der Waals surface area contributed by atoms with Crippen LogP contribution in [0.15, 0.2) is 59.6 Å². The highest BCUT2D eigenvalue weighted by atomic mass is 32.2. The first-order chi connectivity index (χ1) is 9.47. The van der Waals surface area contributed by atoms with Crippen LogP contribution in [0.4, 0.5) is 11.4 Å². The van der Waals surface area contributed by atoms with E-state index in [1.807, 2.05) is 36.4 Å². The summed E-state index contributed by atoms with van der Waals surface area (Å²) in [5.41, 5.74) is 2.30. The highest BCUT2D eigenvalue weighted by Gasteiger charge is 2.11. The zero-order valence-corrected chi connectivity index (χ0v) is 12.2. The highest BCUT2D eigenvalue weighted by Crippen LogP contribution is 2.22. The fourth-order valence-electron chi connectivity index (χ4n) is 1.65. The van der Waals surface area contributed by atoms with Crippen LogP contribution < -0.4 is 4.31 Å². The molecule has 0 amide bonds.